The molecule has 0 spiro atoms. The molecule has 2 heterocycles. The van der Waals surface area contributed by atoms with Crippen LogP contribution in [0.4, 0.5) is 0 Å². The molecule has 0 amide bonds. The molecule has 3 rings (SSSR count). The Balaban J connectivity index is 0.00000225. The monoisotopic (exact) mass is 462 g/mol. The fraction of sp³-hybridized carbons (Fsp3) is 0.842. The van der Waals surface area contributed by atoms with Crippen LogP contribution in [0.2, 0.25) is 0 Å². The van der Waals surface area contributed by atoms with Gasteiger partial charge in [0.15, 0.2) is 5.96 Å². The van der Waals surface area contributed by atoms with E-state index in [0.29, 0.717) is 12.1 Å². The van der Waals surface area contributed by atoms with Crippen LogP contribution in [0, 0.1) is 5.41 Å². The molecular weight excluding hydrogens is 427 g/mol. The number of aliphatic imine (C=N–C) groups is 1. The molecule has 3 aliphatic rings. The summed E-state index contributed by atoms with van der Waals surface area (Å²) in [5.74, 6) is 1.09. The van der Waals surface area contributed by atoms with Gasteiger partial charge < -0.3 is 15.0 Å². The maximum absolute atomic E-state index is 5.76. The number of nitrogens with zero attached hydrogens (tertiary/aromatic N) is 3. The lowest BCUT2D eigenvalue weighted by atomic mass is 9.56. The molecule has 0 aromatic rings. The third-order valence-corrected chi connectivity index (χ3v) is 6.72. The molecule has 1 aliphatic carbocycles. The van der Waals surface area contributed by atoms with Crippen molar-refractivity contribution >= 4 is 29.9 Å². The minimum Gasteiger partial charge on any atom is -0.378 e. The molecule has 144 valence electrons. The predicted octanol–water partition coefficient (Wildman–Crippen LogP) is 2.72. The molecule has 0 aromatic heterocycles. The molecule has 2 fully saturated rings. The summed E-state index contributed by atoms with van der Waals surface area (Å²) in [6.07, 6.45) is 6.83. The molecule has 3 atom stereocenters. The standard InChI is InChI=1S/C19H34N4O.HI/c1-6-20-17(21-16-13-19(4,24-5)18(16,2)3)23-12-9-15(14-23)22-10-7-8-11-22;/h7-8,15-16H,6,9-14H2,1-5H3,(H,20,21);1H. The topological polar surface area (TPSA) is 40.1 Å². The van der Waals surface area contributed by atoms with Crippen molar-refractivity contribution in [3.05, 3.63) is 12.2 Å². The zero-order valence-corrected chi connectivity index (χ0v) is 18.7. The van der Waals surface area contributed by atoms with E-state index in [1.165, 1.54) is 6.42 Å². The van der Waals surface area contributed by atoms with E-state index >= 15 is 0 Å². The minimum absolute atomic E-state index is 0. The highest BCUT2D eigenvalue weighted by Gasteiger charge is 2.58. The van der Waals surface area contributed by atoms with Crippen LogP contribution in [-0.4, -0.2) is 73.3 Å². The number of halogens is 1. The maximum atomic E-state index is 5.76. The quantitative estimate of drug-likeness (QED) is 0.302. The van der Waals surface area contributed by atoms with Gasteiger partial charge in [0, 0.05) is 57.3 Å². The van der Waals surface area contributed by atoms with Gasteiger partial charge in [-0.05, 0) is 26.7 Å². The van der Waals surface area contributed by atoms with Crippen LogP contribution in [0.25, 0.3) is 0 Å². The molecule has 5 nitrogen and oxygen atoms in total. The molecule has 1 saturated heterocycles. The van der Waals surface area contributed by atoms with E-state index in [1.807, 2.05) is 7.11 Å². The molecule has 2 aliphatic heterocycles. The highest BCUT2D eigenvalue weighted by molar-refractivity contribution is 14.0. The molecule has 3 unspecified atom stereocenters. The number of nitrogens with one attached hydrogen (secondary N) is 1. The first-order chi connectivity index (χ1) is 11.4. The third-order valence-electron chi connectivity index (χ3n) is 6.72. The van der Waals surface area contributed by atoms with E-state index in [2.05, 4.69) is 55.0 Å². The van der Waals surface area contributed by atoms with Crippen LogP contribution in [0.5, 0.6) is 0 Å². The van der Waals surface area contributed by atoms with Crippen molar-refractivity contribution in [3.63, 3.8) is 0 Å². The second-order valence-corrected chi connectivity index (χ2v) is 8.17. The summed E-state index contributed by atoms with van der Waals surface area (Å²) in [4.78, 5) is 9.80. The Morgan fingerprint density at radius 2 is 1.96 bits per heavy atom. The van der Waals surface area contributed by atoms with Gasteiger partial charge in [-0.3, -0.25) is 9.89 Å². The Bertz CT molecular complexity index is 514. The number of hydrogen-bond acceptors (Lipinski definition) is 3. The zero-order valence-electron chi connectivity index (χ0n) is 16.4. The van der Waals surface area contributed by atoms with Crippen molar-refractivity contribution < 1.29 is 4.74 Å². The van der Waals surface area contributed by atoms with Gasteiger partial charge in [-0.1, -0.05) is 26.0 Å². The van der Waals surface area contributed by atoms with Crippen LogP contribution in [0.15, 0.2) is 17.1 Å². The average molecular weight is 462 g/mol. The van der Waals surface area contributed by atoms with Gasteiger partial charge in [-0.2, -0.15) is 0 Å². The first kappa shape index (κ1) is 21.0. The molecule has 0 radical (unpaired) electrons. The van der Waals surface area contributed by atoms with Gasteiger partial charge in [0.25, 0.3) is 0 Å². The van der Waals surface area contributed by atoms with Gasteiger partial charge in [0.1, 0.15) is 0 Å². The Hall–Kier alpha value is -0.340. The van der Waals surface area contributed by atoms with E-state index in [-0.39, 0.29) is 35.0 Å². The maximum Gasteiger partial charge on any atom is 0.194 e. The lowest BCUT2D eigenvalue weighted by Gasteiger charge is -2.59. The Labute approximate surface area is 170 Å². The SMILES string of the molecule is CCN=C(NC1CC(C)(OC)C1(C)C)N1CCC(N2CC=CC2)C1.I. The molecule has 6 heteroatoms. The zero-order chi connectivity index (χ0) is 17.4. The fourth-order valence-electron chi connectivity index (χ4n) is 4.29. The normalized spacial score (nSPS) is 34.8. The van der Waals surface area contributed by atoms with E-state index in [1.54, 1.807) is 0 Å². The number of likely N-dealkylation sites (tertiary alicyclic amines) is 1. The van der Waals surface area contributed by atoms with Crippen molar-refractivity contribution in [2.24, 2.45) is 10.4 Å². The van der Waals surface area contributed by atoms with Crippen molar-refractivity contribution in [1.29, 1.82) is 0 Å². The van der Waals surface area contributed by atoms with E-state index in [0.717, 1.165) is 45.1 Å². The third kappa shape index (κ3) is 3.86. The summed E-state index contributed by atoms with van der Waals surface area (Å²) >= 11 is 0. The molecule has 1 N–H and O–H groups in total. The van der Waals surface area contributed by atoms with Gasteiger partial charge in [0.05, 0.1) is 5.60 Å². The summed E-state index contributed by atoms with van der Waals surface area (Å²) < 4.78 is 5.76. The van der Waals surface area contributed by atoms with Gasteiger partial charge in [-0.15, -0.1) is 24.0 Å². The van der Waals surface area contributed by atoms with Crippen LogP contribution >= 0.6 is 24.0 Å². The average Bonchev–Trinajstić information content (AvgIpc) is 3.24. The van der Waals surface area contributed by atoms with Gasteiger partial charge >= 0.3 is 0 Å². The summed E-state index contributed by atoms with van der Waals surface area (Å²) in [7, 11) is 1.83. The molecule has 1 saturated carbocycles. The lowest BCUT2D eigenvalue weighted by Crippen LogP contribution is -2.69. The largest absolute Gasteiger partial charge is 0.378 e. The number of hydrogen-bond donors (Lipinski definition) is 1. The van der Waals surface area contributed by atoms with Crippen LogP contribution in [0.1, 0.15) is 40.5 Å². The van der Waals surface area contributed by atoms with E-state index in [9.17, 15) is 0 Å². The summed E-state index contributed by atoms with van der Waals surface area (Å²) in [5.41, 5.74) is 0.0605. The van der Waals surface area contributed by atoms with Crippen molar-refractivity contribution in [2.75, 3.05) is 39.8 Å². The first-order valence-electron chi connectivity index (χ1n) is 9.41. The number of methoxy groups -OCH3 is 1. The smallest absolute Gasteiger partial charge is 0.194 e. The summed E-state index contributed by atoms with van der Waals surface area (Å²) in [5, 5.41) is 3.75. The Morgan fingerprint density at radius 3 is 2.52 bits per heavy atom. The minimum atomic E-state index is -0.0449. The lowest BCUT2D eigenvalue weighted by molar-refractivity contribution is -0.176. The highest BCUT2D eigenvalue weighted by Crippen LogP contribution is 2.51. The van der Waals surface area contributed by atoms with Crippen LogP contribution in [0.3, 0.4) is 0 Å². The van der Waals surface area contributed by atoms with E-state index in [4.69, 9.17) is 9.73 Å². The van der Waals surface area contributed by atoms with Crippen LogP contribution < -0.4 is 5.32 Å². The fourth-order valence-corrected chi connectivity index (χ4v) is 4.29. The molecule has 0 aromatic carbocycles. The first-order valence-corrected chi connectivity index (χ1v) is 9.41. The predicted molar refractivity (Wildman–Crippen MR) is 115 cm³/mol. The second-order valence-electron chi connectivity index (χ2n) is 8.17. The van der Waals surface area contributed by atoms with Crippen molar-refractivity contribution in [1.82, 2.24) is 15.1 Å². The molecule has 25 heavy (non-hydrogen) atoms. The molecular formula is C19H35IN4O. The summed E-state index contributed by atoms with van der Waals surface area (Å²) in [6.45, 7) is 14.1. The van der Waals surface area contributed by atoms with Gasteiger partial charge in [0.2, 0.25) is 0 Å². The van der Waals surface area contributed by atoms with E-state index < -0.39 is 0 Å². The Morgan fingerprint density at radius 1 is 1.28 bits per heavy atom. The number of guanidine groups is 1. The van der Waals surface area contributed by atoms with Crippen LogP contribution in [-0.2, 0) is 4.74 Å². The van der Waals surface area contributed by atoms with Crippen molar-refractivity contribution in [3.8, 4) is 0 Å². The van der Waals surface area contributed by atoms with Gasteiger partial charge in [-0.25, -0.2) is 0 Å². The second kappa shape index (κ2) is 8.13. The summed E-state index contributed by atoms with van der Waals surface area (Å²) in [6, 6.07) is 1.07. The number of rotatable bonds is 4. The number of ether oxygens (including phenoxy) is 1. The Kier molecular flexibility index (Phi) is 6.82. The van der Waals surface area contributed by atoms with Crippen molar-refractivity contribution in [2.45, 2.75) is 58.2 Å². The highest BCUT2D eigenvalue weighted by atomic mass is 127. The molecule has 0 bridgehead atoms.